The molecule has 0 bridgehead atoms. The molecule has 2 rings (SSSR count). The molecule has 0 aromatic rings. The minimum Gasteiger partial charge on any atom is -0.480 e. The maximum atomic E-state index is 12.7. The van der Waals surface area contributed by atoms with Gasteiger partial charge in [-0.3, -0.25) is 4.90 Å². The van der Waals surface area contributed by atoms with Crippen LogP contribution in [0, 0.1) is 0 Å². The van der Waals surface area contributed by atoms with Crippen molar-refractivity contribution in [3.05, 3.63) is 0 Å². The van der Waals surface area contributed by atoms with Gasteiger partial charge in [0.15, 0.2) is 0 Å². The summed E-state index contributed by atoms with van der Waals surface area (Å²) in [6.45, 7) is 3.31. The van der Waals surface area contributed by atoms with Crippen LogP contribution in [0.1, 0.15) is 26.2 Å². The third-order valence-electron chi connectivity index (χ3n) is 3.99. The number of nitrogens with zero attached hydrogens (tertiary/aromatic N) is 2. The standard InChI is InChI=1S/C13H22N2O4S/c1-3-11-15(10(8-20-11)12(16)17)13(18)14(2)9-4-6-19-7-5-9/h9-11H,3-8H2,1-2H3,(H,16,17). The van der Waals surface area contributed by atoms with E-state index < -0.39 is 12.0 Å². The molecule has 2 fully saturated rings. The number of urea groups is 1. The van der Waals surface area contributed by atoms with Crippen molar-refractivity contribution in [2.75, 3.05) is 26.0 Å². The number of thioether (sulfide) groups is 1. The number of hydrogen-bond donors (Lipinski definition) is 1. The van der Waals surface area contributed by atoms with Crippen molar-refractivity contribution in [1.29, 1.82) is 0 Å². The molecular formula is C13H22N2O4S. The van der Waals surface area contributed by atoms with Crippen molar-refractivity contribution >= 4 is 23.8 Å². The number of aliphatic carboxylic acids is 1. The molecule has 6 nitrogen and oxygen atoms in total. The Kier molecular flexibility index (Phi) is 5.15. The molecule has 20 heavy (non-hydrogen) atoms. The van der Waals surface area contributed by atoms with E-state index in [1.54, 1.807) is 28.6 Å². The van der Waals surface area contributed by atoms with Crippen LogP contribution in [0.2, 0.25) is 0 Å². The average Bonchev–Trinajstić information content (AvgIpc) is 2.90. The molecule has 2 amide bonds. The molecule has 2 unspecified atom stereocenters. The lowest BCUT2D eigenvalue weighted by molar-refractivity contribution is -0.141. The van der Waals surface area contributed by atoms with Crippen LogP contribution in [0.5, 0.6) is 0 Å². The highest BCUT2D eigenvalue weighted by Crippen LogP contribution is 2.32. The summed E-state index contributed by atoms with van der Waals surface area (Å²) in [6.07, 6.45) is 2.40. The molecule has 2 aliphatic rings. The van der Waals surface area contributed by atoms with Crippen molar-refractivity contribution in [3.63, 3.8) is 0 Å². The van der Waals surface area contributed by atoms with E-state index in [9.17, 15) is 14.7 Å². The van der Waals surface area contributed by atoms with Crippen LogP contribution < -0.4 is 0 Å². The summed E-state index contributed by atoms with van der Waals surface area (Å²) in [7, 11) is 1.77. The van der Waals surface area contributed by atoms with Crippen molar-refractivity contribution in [2.45, 2.75) is 43.6 Å². The molecule has 0 radical (unpaired) electrons. The molecule has 2 atom stereocenters. The number of carbonyl (C=O) groups is 2. The third kappa shape index (κ3) is 3.03. The van der Waals surface area contributed by atoms with Crippen LogP contribution in [0.4, 0.5) is 4.79 Å². The SMILES string of the molecule is CCC1SCC(C(=O)O)N1C(=O)N(C)C1CCOCC1. The second kappa shape index (κ2) is 6.67. The number of amides is 2. The van der Waals surface area contributed by atoms with Crippen molar-refractivity contribution in [3.8, 4) is 0 Å². The van der Waals surface area contributed by atoms with Gasteiger partial charge in [-0.15, -0.1) is 11.8 Å². The highest BCUT2D eigenvalue weighted by molar-refractivity contribution is 8.00. The Labute approximate surface area is 123 Å². The first-order chi connectivity index (χ1) is 9.56. The zero-order chi connectivity index (χ0) is 14.7. The van der Waals surface area contributed by atoms with E-state index in [4.69, 9.17) is 4.74 Å². The van der Waals surface area contributed by atoms with Gasteiger partial charge < -0.3 is 14.7 Å². The van der Waals surface area contributed by atoms with Gasteiger partial charge in [-0.1, -0.05) is 6.92 Å². The van der Waals surface area contributed by atoms with Crippen molar-refractivity contribution in [2.24, 2.45) is 0 Å². The highest BCUT2D eigenvalue weighted by Gasteiger charge is 2.42. The highest BCUT2D eigenvalue weighted by atomic mass is 32.2. The Hall–Kier alpha value is -0.950. The second-order valence-corrected chi connectivity index (χ2v) is 6.41. The maximum Gasteiger partial charge on any atom is 0.327 e. The smallest absolute Gasteiger partial charge is 0.327 e. The fourth-order valence-corrected chi connectivity index (χ4v) is 4.08. The molecule has 0 aromatic carbocycles. The Morgan fingerprint density at radius 3 is 2.60 bits per heavy atom. The van der Waals surface area contributed by atoms with Crippen LogP contribution in [0.25, 0.3) is 0 Å². The summed E-state index contributed by atoms with van der Waals surface area (Å²) in [5.74, 6) is -0.441. The van der Waals surface area contributed by atoms with Crippen LogP contribution in [0.15, 0.2) is 0 Å². The minimum absolute atomic E-state index is 0.0362. The minimum atomic E-state index is -0.915. The monoisotopic (exact) mass is 302 g/mol. The van der Waals surface area contributed by atoms with Gasteiger partial charge in [-0.25, -0.2) is 9.59 Å². The quantitative estimate of drug-likeness (QED) is 0.854. The van der Waals surface area contributed by atoms with E-state index in [0.29, 0.717) is 19.0 Å². The zero-order valence-electron chi connectivity index (χ0n) is 11.9. The molecular weight excluding hydrogens is 280 g/mol. The average molecular weight is 302 g/mol. The van der Waals surface area contributed by atoms with Crippen LogP contribution in [0.3, 0.4) is 0 Å². The lowest BCUT2D eigenvalue weighted by atomic mass is 10.1. The van der Waals surface area contributed by atoms with E-state index in [-0.39, 0.29) is 17.4 Å². The molecule has 0 saturated carbocycles. The fourth-order valence-electron chi connectivity index (χ4n) is 2.74. The largest absolute Gasteiger partial charge is 0.480 e. The first-order valence-corrected chi connectivity index (χ1v) is 8.08. The van der Waals surface area contributed by atoms with Gasteiger partial charge >= 0.3 is 12.0 Å². The normalized spacial score (nSPS) is 27.6. The number of carbonyl (C=O) groups excluding carboxylic acids is 1. The number of hydrogen-bond acceptors (Lipinski definition) is 4. The predicted molar refractivity (Wildman–Crippen MR) is 76.8 cm³/mol. The van der Waals surface area contributed by atoms with E-state index in [2.05, 4.69) is 0 Å². The summed E-state index contributed by atoms with van der Waals surface area (Å²) >= 11 is 1.55. The molecule has 7 heteroatoms. The number of ether oxygens (including phenoxy) is 1. The van der Waals surface area contributed by atoms with E-state index in [0.717, 1.165) is 19.3 Å². The summed E-state index contributed by atoms with van der Waals surface area (Å²) in [5, 5.41) is 9.26. The fraction of sp³-hybridized carbons (Fsp3) is 0.846. The molecule has 1 N–H and O–H groups in total. The Balaban J connectivity index is 2.09. The number of carboxylic acid groups (broad SMARTS) is 1. The van der Waals surface area contributed by atoms with Crippen molar-refractivity contribution < 1.29 is 19.4 Å². The van der Waals surface area contributed by atoms with Gasteiger partial charge in [0.2, 0.25) is 0 Å². The summed E-state index contributed by atoms with van der Waals surface area (Å²) in [4.78, 5) is 27.2. The van der Waals surface area contributed by atoms with Crippen LogP contribution in [-0.2, 0) is 9.53 Å². The zero-order valence-corrected chi connectivity index (χ0v) is 12.8. The third-order valence-corrected chi connectivity index (χ3v) is 5.44. The van der Waals surface area contributed by atoms with E-state index >= 15 is 0 Å². The lowest BCUT2D eigenvalue weighted by Gasteiger charge is -2.36. The molecule has 114 valence electrons. The maximum absolute atomic E-state index is 12.7. The van der Waals surface area contributed by atoms with Crippen molar-refractivity contribution in [1.82, 2.24) is 9.80 Å². The Morgan fingerprint density at radius 2 is 2.05 bits per heavy atom. The van der Waals surface area contributed by atoms with Gasteiger partial charge in [0, 0.05) is 32.1 Å². The van der Waals surface area contributed by atoms with Crippen LogP contribution >= 0.6 is 11.8 Å². The molecule has 0 aromatic heterocycles. The van der Waals surface area contributed by atoms with Gasteiger partial charge in [0.1, 0.15) is 6.04 Å². The van der Waals surface area contributed by atoms with Crippen LogP contribution in [-0.4, -0.2) is 70.4 Å². The lowest BCUT2D eigenvalue weighted by Crippen LogP contribution is -2.53. The summed E-state index contributed by atoms with van der Waals surface area (Å²) in [5.41, 5.74) is 0. The molecule has 2 saturated heterocycles. The first kappa shape index (κ1) is 15.4. The first-order valence-electron chi connectivity index (χ1n) is 7.03. The molecule has 2 aliphatic heterocycles. The second-order valence-electron chi connectivity index (χ2n) is 5.19. The Morgan fingerprint density at radius 1 is 1.40 bits per heavy atom. The van der Waals surface area contributed by atoms with E-state index in [1.165, 1.54) is 0 Å². The molecule has 0 spiro atoms. The number of carboxylic acids is 1. The van der Waals surface area contributed by atoms with Gasteiger partial charge in [-0.2, -0.15) is 0 Å². The predicted octanol–water partition coefficient (Wildman–Crippen LogP) is 1.46. The van der Waals surface area contributed by atoms with Gasteiger partial charge in [-0.05, 0) is 19.3 Å². The Bertz CT molecular complexity index is 373. The summed E-state index contributed by atoms with van der Waals surface area (Å²) < 4.78 is 5.31. The van der Waals surface area contributed by atoms with Gasteiger partial charge in [0.05, 0.1) is 5.37 Å². The van der Waals surface area contributed by atoms with Gasteiger partial charge in [0.25, 0.3) is 0 Å². The van der Waals surface area contributed by atoms with E-state index in [1.807, 2.05) is 6.92 Å². The molecule has 0 aliphatic carbocycles. The molecule has 2 heterocycles. The topological polar surface area (TPSA) is 70.1 Å². The number of rotatable bonds is 3. The summed E-state index contributed by atoms with van der Waals surface area (Å²) in [6, 6.07) is -0.727.